The molecule has 3 heterocycles. The van der Waals surface area contributed by atoms with Gasteiger partial charge in [0.2, 0.25) is 5.91 Å². The first-order chi connectivity index (χ1) is 16.9. The van der Waals surface area contributed by atoms with Crippen molar-refractivity contribution in [3.05, 3.63) is 62.3 Å². The smallest absolute Gasteiger partial charge is 0.314 e. The lowest BCUT2D eigenvalue weighted by Crippen LogP contribution is -2.44. The van der Waals surface area contributed by atoms with Gasteiger partial charge >= 0.3 is 6.03 Å². The summed E-state index contributed by atoms with van der Waals surface area (Å²) < 4.78 is 0.964. The van der Waals surface area contributed by atoms with Crippen LogP contribution in [-0.2, 0) is 4.79 Å². The molecule has 3 aliphatic rings. The fraction of sp³-hybridized carbons (Fsp3) is 0.444. The van der Waals surface area contributed by atoms with Crippen LogP contribution in [0.2, 0.25) is 5.02 Å². The second kappa shape index (κ2) is 10.3. The van der Waals surface area contributed by atoms with Gasteiger partial charge in [-0.2, -0.15) is 0 Å². The minimum atomic E-state index is -0.363. The Kier molecular flexibility index (Phi) is 7.17. The number of pyridine rings is 1. The number of nitrogens with two attached hydrogens (primary N) is 1. The summed E-state index contributed by atoms with van der Waals surface area (Å²) in [6, 6.07) is 7.90. The molecule has 1 atom stereocenters. The van der Waals surface area contributed by atoms with E-state index < -0.39 is 0 Å². The van der Waals surface area contributed by atoms with Crippen molar-refractivity contribution in [3.8, 4) is 0 Å². The topological polar surface area (TPSA) is 79.5 Å². The van der Waals surface area contributed by atoms with Gasteiger partial charge in [-0.15, -0.1) is 0 Å². The van der Waals surface area contributed by atoms with Gasteiger partial charge in [-0.25, -0.2) is 4.79 Å². The summed E-state index contributed by atoms with van der Waals surface area (Å²) in [6.07, 6.45) is 10.3. The number of primary amides is 1. The Balaban J connectivity index is 1.28. The molecule has 8 heteroatoms. The summed E-state index contributed by atoms with van der Waals surface area (Å²) in [6.45, 7) is 2.83. The van der Waals surface area contributed by atoms with E-state index in [1.807, 2.05) is 23.2 Å². The Bertz CT molecular complexity index is 1100. The highest BCUT2D eigenvalue weighted by Crippen LogP contribution is 2.43. The predicted octanol–water partition coefficient (Wildman–Crippen LogP) is 5.53. The monoisotopic (exact) mass is 556 g/mol. The number of benzene rings is 1. The predicted molar refractivity (Wildman–Crippen MR) is 142 cm³/mol. The number of hydrogen-bond donors (Lipinski definition) is 1. The molecule has 0 spiro atoms. The molecule has 2 fully saturated rings. The van der Waals surface area contributed by atoms with Gasteiger partial charge in [-0.3, -0.25) is 9.78 Å². The molecule has 35 heavy (non-hydrogen) atoms. The Morgan fingerprint density at radius 3 is 2.40 bits per heavy atom. The number of halogens is 2. The maximum Gasteiger partial charge on any atom is 0.314 e. The highest BCUT2D eigenvalue weighted by molar-refractivity contribution is 9.10. The standard InChI is InChI=1S/C27H30BrClN4O2/c28-21-14-20-2-1-19-15-22(29)3-4-23(19)25(26(20)31-16-21)18-7-11-32(12-8-18)24(34)13-17-5-9-33(10-6-17)27(30)35/h1-4,14-18,25H,5-13H2,(H2,30,35)/t25-/m0/s1. The van der Waals surface area contributed by atoms with E-state index in [-0.39, 0.29) is 17.9 Å². The van der Waals surface area contributed by atoms with E-state index in [9.17, 15) is 9.59 Å². The Morgan fingerprint density at radius 2 is 1.69 bits per heavy atom. The molecule has 0 saturated carbocycles. The van der Waals surface area contributed by atoms with Crippen LogP contribution < -0.4 is 5.73 Å². The number of piperidine rings is 2. The van der Waals surface area contributed by atoms with Crippen molar-refractivity contribution in [2.45, 2.75) is 38.0 Å². The third-order valence-electron chi connectivity index (χ3n) is 7.79. The minimum absolute atomic E-state index is 0.163. The molecule has 6 nitrogen and oxygen atoms in total. The zero-order valence-electron chi connectivity index (χ0n) is 19.6. The third-order valence-corrected chi connectivity index (χ3v) is 8.46. The molecule has 0 bridgehead atoms. The molecule has 1 aliphatic carbocycles. The number of urea groups is 1. The molecule has 2 saturated heterocycles. The van der Waals surface area contributed by atoms with Gasteiger partial charge in [0.25, 0.3) is 0 Å². The number of amides is 3. The summed E-state index contributed by atoms with van der Waals surface area (Å²) in [5.74, 6) is 1.12. The maximum absolute atomic E-state index is 13.1. The lowest BCUT2D eigenvalue weighted by atomic mass is 9.76. The highest BCUT2D eigenvalue weighted by Gasteiger charge is 2.35. The molecule has 184 valence electrons. The van der Waals surface area contributed by atoms with Crippen LogP contribution in [0.1, 0.15) is 60.4 Å². The summed E-state index contributed by atoms with van der Waals surface area (Å²) >= 11 is 9.90. The average Bonchev–Trinajstić information content (AvgIpc) is 3.00. The number of aromatic nitrogens is 1. The molecule has 1 aromatic carbocycles. The van der Waals surface area contributed by atoms with Gasteiger partial charge in [-0.05, 0) is 88.3 Å². The number of carbonyl (C=O) groups excluding carboxylic acids is 2. The lowest BCUT2D eigenvalue weighted by Gasteiger charge is -2.38. The third kappa shape index (κ3) is 5.26. The van der Waals surface area contributed by atoms with Crippen molar-refractivity contribution in [1.82, 2.24) is 14.8 Å². The Morgan fingerprint density at radius 1 is 1.00 bits per heavy atom. The Hall–Kier alpha value is -2.38. The zero-order chi connectivity index (χ0) is 24.5. The van der Waals surface area contributed by atoms with Crippen molar-refractivity contribution in [1.29, 1.82) is 0 Å². The Labute approximate surface area is 219 Å². The first-order valence-electron chi connectivity index (χ1n) is 12.3. The van der Waals surface area contributed by atoms with Crippen molar-refractivity contribution >= 4 is 51.6 Å². The molecule has 0 radical (unpaired) electrons. The van der Waals surface area contributed by atoms with Crippen LogP contribution in [0.15, 0.2) is 34.9 Å². The summed E-state index contributed by atoms with van der Waals surface area (Å²) in [5, 5.41) is 0.731. The summed E-state index contributed by atoms with van der Waals surface area (Å²) in [5.41, 5.74) is 9.99. The van der Waals surface area contributed by atoms with E-state index in [2.05, 4.69) is 40.2 Å². The average molecular weight is 558 g/mol. The number of carbonyl (C=O) groups is 2. The van der Waals surface area contributed by atoms with E-state index in [0.717, 1.165) is 65.1 Å². The van der Waals surface area contributed by atoms with Gasteiger partial charge in [-0.1, -0.05) is 29.8 Å². The molecule has 2 aliphatic heterocycles. The van der Waals surface area contributed by atoms with Gasteiger partial charge in [0.15, 0.2) is 0 Å². The van der Waals surface area contributed by atoms with Crippen LogP contribution in [0.3, 0.4) is 0 Å². The van der Waals surface area contributed by atoms with E-state index in [0.29, 0.717) is 31.3 Å². The number of hydrogen-bond acceptors (Lipinski definition) is 3. The van der Waals surface area contributed by atoms with Crippen LogP contribution in [-0.4, -0.2) is 52.9 Å². The van der Waals surface area contributed by atoms with E-state index in [4.69, 9.17) is 22.3 Å². The number of fused-ring (bicyclic) bond motifs is 2. The maximum atomic E-state index is 13.1. The van der Waals surface area contributed by atoms with Crippen LogP contribution in [0, 0.1) is 11.8 Å². The molecular weight excluding hydrogens is 528 g/mol. The second-order valence-electron chi connectivity index (χ2n) is 9.90. The fourth-order valence-electron chi connectivity index (χ4n) is 5.85. The molecule has 1 aromatic heterocycles. The van der Waals surface area contributed by atoms with E-state index in [1.165, 1.54) is 5.56 Å². The second-order valence-corrected chi connectivity index (χ2v) is 11.3. The zero-order valence-corrected chi connectivity index (χ0v) is 22.0. The first-order valence-corrected chi connectivity index (χ1v) is 13.5. The highest BCUT2D eigenvalue weighted by atomic mass is 79.9. The lowest BCUT2D eigenvalue weighted by molar-refractivity contribution is -0.134. The molecule has 2 N–H and O–H groups in total. The van der Waals surface area contributed by atoms with Crippen LogP contribution in [0.5, 0.6) is 0 Å². The van der Waals surface area contributed by atoms with Gasteiger partial charge in [0, 0.05) is 54.2 Å². The van der Waals surface area contributed by atoms with Gasteiger partial charge in [0.1, 0.15) is 0 Å². The molecule has 3 amide bonds. The van der Waals surface area contributed by atoms with E-state index >= 15 is 0 Å². The minimum Gasteiger partial charge on any atom is -0.351 e. The quantitative estimate of drug-likeness (QED) is 0.539. The van der Waals surface area contributed by atoms with Gasteiger partial charge in [0.05, 0.1) is 5.69 Å². The van der Waals surface area contributed by atoms with Crippen LogP contribution >= 0.6 is 27.5 Å². The molecule has 0 unspecified atom stereocenters. The van der Waals surface area contributed by atoms with Crippen molar-refractivity contribution in [3.63, 3.8) is 0 Å². The van der Waals surface area contributed by atoms with Crippen LogP contribution in [0.4, 0.5) is 4.79 Å². The van der Waals surface area contributed by atoms with Crippen molar-refractivity contribution < 1.29 is 9.59 Å². The summed E-state index contributed by atoms with van der Waals surface area (Å²) in [4.78, 5) is 33.0. The molecule has 5 rings (SSSR count). The summed E-state index contributed by atoms with van der Waals surface area (Å²) in [7, 11) is 0. The number of likely N-dealkylation sites (tertiary alicyclic amines) is 2. The fourth-order valence-corrected chi connectivity index (χ4v) is 6.38. The molecule has 2 aromatic rings. The molecular formula is C27H30BrClN4O2. The van der Waals surface area contributed by atoms with Crippen LogP contribution in [0.25, 0.3) is 12.2 Å². The van der Waals surface area contributed by atoms with Crippen molar-refractivity contribution in [2.75, 3.05) is 26.2 Å². The van der Waals surface area contributed by atoms with Crippen molar-refractivity contribution in [2.24, 2.45) is 17.6 Å². The largest absolute Gasteiger partial charge is 0.351 e. The van der Waals surface area contributed by atoms with E-state index in [1.54, 1.807) is 4.90 Å². The normalized spacial score (nSPS) is 20.8. The van der Waals surface area contributed by atoms with Gasteiger partial charge < -0.3 is 15.5 Å². The SMILES string of the molecule is NC(=O)N1CCC(CC(=O)N2CCC([C@H]3c4ccc(Cl)cc4C=Cc4cc(Br)cnc43)CC2)CC1. The first kappa shape index (κ1) is 24.3. The number of nitrogens with zero attached hydrogens (tertiary/aromatic N) is 3. The number of rotatable bonds is 3.